The molecule has 2 heteroatoms. The van der Waals surface area contributed by atoms with Gasteiger partial charge in [0.1, 0.15) is 5.82 Å². The van der Waals surface area contributed by atoms with Gasteiger partial charge in [-0.25, -0.2) is 4.39 Å². The highest BCUT2D eigenvalue weighted by atomic mass is 19.1. The van der Waals surface area contributed by atoms with Crippen molar-refractivity contribution in [2.75, 3.05) is 0 Å². The maximum Gasteiger partial charge on any atom is 0.158 e. The molecular weight excluding hydrogens is 191 g/mol. The first-order valence-electron chi connectivity index (χ1n) is 5.25. The molecule has 1 aromatic rings. The first kappa shape index (κ1) is 10.1. The maximum atomic E-state index is 12.9. The van der Waals surface area contributed by atoms with Gasteiger partial charge in [0.25, 0.3) is 0 Å². The summed E-state index contributed by atoms with van der Waals surface area (Å²) in [5.41, 5.74) is 1.62. The van der Waals surface area contributed by atoms with E-state index in [-0.39, 0.29) is 11.6 Å². The molecule has 0 atom stereocenters. The molecule has 0 N–H and O–H groups in total. The lowest BCUT2D eigenvalue weighted by Gasteiger charge is -2.12. The maximum absolute atomic E-state index is 12.9. The predicted octanol–water partition coefficient (Wildman–Crippen LogP) is 3.35. The van der Waals surface area contributed by atoms with E-state index < -0.39 is 0 Å². The molecule has 78 valence electrons. The lowest BCUT2D eigenvalue weighted by molar-refractivity contribution is -0.116. The molecular formula is C13H13FO. The summed E-state index contributed by atoms with van der Waals surface area (Å²) in [6.07, 6.45) is 5.33. The molecule has 0 spiro atoms. The number of benzene rings is 1. The Morgan fingerprint density at radius 2 is 2.00 bits per heavy atom. The van der Waals surface area contributed by atoms with Crippen molar-refractivity contribution in [3.63, 3.8) is 0 Å². The molecule has 0 aliphatic heterocycles. The summed E-state index contributed by atoms with van der Waals surface area (Å²) in [6.45, 7) is 0. The van der Waals surface area contributed by atoms with Gasteiger partial charge in [-0.15, -0.1) is 0 Å². The fourth-order valence-electron chi connectivity index (χ4n) is 1.85. The van der Waals surface area contributed by atoms with E-state index in [1.54, 1.807) is 6.07 Å². The molecule has 1 aliphatic rings. The number of halogens is 1. The molecule has 0 aromatic heterocycles. The topological polar surface area (TPSA) is 17.1 Å². The van der Waals surface area contributed by atoms with Crippen LogP contribution in [0.5, 0.6) is 0 Å². The first-order chi connectivity index (χ1) is 7.25. The molecule has 1 nitrogen and oxygen atoms in total. The van der Waals surface area contributed by atoms with Crippen molar-refractivity contribution in [1.82, 2.24) is 0 Å². The van der Waals surface area contributed by atoms with E-state index in [0.717, 1.165) is 30.4 Å². The molecule has 1 saturated carbocycles. The number of rotatable bonds is 1. The van der Waals surface area contributed by atoms with Crippen molar-refractivity contribution in [2.24, 2.45) is 0 Å². The van der Waals surface area contributed by atoms with E-state index in [2.05, 4.69) is 0 Å². The Kier molecular flexibility index (Phi) is 2.95. The van der Waals surface area contributed by atoms with Crippen LogP contribution in [-0.4, -0.2) is 5.78 Å². The zero-order valence-electron chi connectivity index (χ0n) is 8.50. The van der Waals surface area contributed by atoms with Crippen molar-refractivity contribution < 1.29 is 9.18 Å². The highest BCUT2D eigenvalue weighted by molar-refractivity contribution is 6.00. The first-order valence-corrected chi connectivity index (χ1v) is 5.25. The van der Waals surface area contributed by atoms with Gasteiger partial charge in [-0.2, -0.15) is 0 Å². The lowest BCUT2D eigenvalue weighted by Crippen LogP contribution is -2.07. The summed E-state index contributed by atoms with van der Waals surface area (Å²) in [6, 6.07) is 6.34. The predicted molar refractivity (Wildman–Crippen MR) is 57.9 cm³/mol. The third-order valence-electron chi connectivity index (χ3n) is 2.65. The van der Waals surface area contributed by atoms with Crippen molar-refractivity contribution >= 4 is 11.9 Å². The lowest BCUT2D eigenvalue weighted by atomic mass is 9.92. The smallest absolute Gasteiger partial charge is 0.158 e. The quantitative estimate of drug-likeness (QED) is 0.641. The minimum atomic E-state index is -0.257. The summed E-state index contributed by atoms with van der Waals surface area (Å²) in [7, 11) is 0. The molecule has 1 fully saturated rings. The third kappa shape index (κ3) is 2.52. The number of hydrogen-bond acceptors (Lipinski definition) is 1. The van der Waals surface area contributed by atoms with E-state index >= 15 is 0 Å². The molecule has 0 bridgehead atoms. The molecule has 15 heavy (non-hydrogen) atoms. The number of allylic oxidation sites excluding steroid dienone is 1. The van der Waals surface area contributed by atoms with Crippen molar-refractivity contribution in [3.8, 4) is 0 Å². The highest BCUT2D eigenvalue weighted by Crippen LogP contribution is 2.22. The van der Waals surface area contributed by atoms with Crippen LogP contribution in [0.1, 0.15) is 31.2 Å². The van der Waals surface area contributed by atoms with Crippen LogP contribution >= 0.6 is 0 Å². The Labute approximate surface area is 88.6 Å². The average Bonchev–Trinajstić information content (AvgIpc) is 2.22. The van der Waals surface area contributed by atoms with E-state index in [0.29, 0.717) is 6.42 Å². The number of carbonyl (C=O) groups is 1. The Morgan fingerprint density at radius 3 is 2.73 bits per heavy atom. The Balaban J connectivity index is 2.25. The molecule has 0 unspecified atom stereocenters. The van der Waals surface area contributed by atoms with E-state index in [4.69, 9.17) is 0 Å². The Hall–Kier alpha value is -1.44. The molecule has 2 rings (SSSR count). The van der Waals surface area contributed by atoms with Gasteiger partial charge in [0.2, 0.25) is 0 Å². The summed E-state index contributed by atoms with van der Waals surface area (Å²) >= 11 is 0. The Morgan fingerprint density at radius 1 is 1.20 bits per heavy atom. The van der Waals surface area contributed by atoms with Crippen LogP contribution < -0.4 is 0 Å². The van der Waals surface area contributed by atoms with Gasteiger partial charge in [-0.05, 0) is 48.6 Å². The largest absolute Gasteiger partial charge is 0.295 e. The molecule has 1 aliphatic carbocycles. The molecule has 0 amide bonds. The number of Topliss-reactive ketones (excluding diaryl/α,β-unsaturated/α-hetero) is 1. The van der Waals surface area contributed by atoms with Crippen LogP contribution in [0.25, 0.3) is 6.08 Å². The highest BCUT2D eigenvalue weighted by Gasteiger charge is 2.14. The van der Waals surface area contributed by atoms with Gasteiger partial charge in [0.15, 0.2) is 5.78 Å². The summed E-state index contributed by atoms with van der Waals surface area (Å²) < 4.78 is 12.9. The Bertz CT molecular complexity index is 407. The normalized spacial score (nSPS) is 19.5. The minimum absolute atomic E-state index is 0.213. The van der Waals surface area contributed by atoms with Crippen LogP contribution in [0.3, 0.4) is 0 Å². The van der Waals surface area contributed by atoms with Gasteiger partial charge < -0.3 is 0 Å². The minimum Gasteiger partial charge on any atom is -0.295 e. The number of carbonyl (C=O) groups excluding carboxylic acids is 1. The second-order valence-electron chi connectivity index (χ2n) is 3.85. The van der Waals surface area contributed by atoms with Crippen LogP contribution in [-0.2, 0) is 4.79 Å². The number of hydrogen-bond donors (Lipinski definition) is 0. The second-order valence-corrected chi connectivity index (χ2v) is 3.85. The van der Waals surface area contributed by atoms with Crippen LogP contribution in [0.4, 0.5) is 4.39 Å². The number of ketones is 1. The molecule has 0 radical (unpaired) electrons. The van der Waals surface area contributed by atoms with Crippen molar-refractivity contribution in [2.45, 2.75) is 25.7 Å². The van der Waals surface area contributed by atoms with Crippen LogP contribution in [0.15, 0.2) is 29.8 Å². The second kappa shape index (κ2) is 4.39. The molecule has 1 aromatic carbocycles. The zero-order valence-corrected chi connectivity index (χ0v) is 8.50. The SMILES string of the molecule is O=C1CCCC/C1=C\c1cccc(F)c1. The summed E-state index contributed by atoms with van der Waals surface area (Å²) in [4.78, 5) is 11.5. The van der Waals surface area contributed by atoms with E-state index in [1.807, 2.05) is 12.1 Å². The van der Waals surface area contributed by atoms with E-state index in [9.17, 15) is 9.18 Å². The van der Waals surface area contributed by atoms with Crippen LogP contribution in [0.2, 0.25) is 0 Å². The fourth-order valence-corrected chi connectivity index (χ4v) is 1.85. The average molecular weight is 204 g/mol. The summed E-state index contributed by atoms with van der Waals surface area (Å²) in [5, 5.41) is 0. The molecule has 0 saturated heterocycles. The van der Waals surface area contributed by atoms with Crippen molar-refractivity contribution in [3.05, 3.63) is 41.2 Å². The monoisotopic (exact) mass is 204 g/mol. The fraction of sp³-hybridized carbons (Fsp3) is 0.308. The van der Waals surface area contributed by atoms with Gasteiger partial charge in [0.05, 0.1) is 0 Å². The summed E-state index contributed by atoms with van der Waals surface area (Å²) in [5.74, 6) is -0.0434. The van der Waals surface area contributed by atoms with Gasteiger partial charge in [-0.3, -0.25) is 4.79 Å². The standard InChI is InChI=1S/C13H13FO/c14-12-6-3-4-10(9-12)8-11-5-1-2-7-13(11)15/h3-4,6,8-9H,1-2,5,7H2/b11-8+. The molecule has 0 heterocycles. The van der Waals surface area contributed by atoms with Crippen molar-refractivity contribution in [1.29, 1.82) is 0 Å². The van der Waals surface area contributed by atoms with Crippen LogP contribution in [0, 0.1) is 5.82 Å². The van der Waals surface area contributed by atoms with Gasteiger partial charge >= 0.3 is 0 Å². The third-order valence-corrected chi connectivity index (χ3v) is 2.65. The zero-order chi connectivity index (χ0) is 10.7. The van der Waals surface area contributed by atoms with Gasteiger partial charge in [-0.1, -0.05) is 12.1 Å². The van der Waals surface area contributed by atoms with Gasteiger partial charge in [0, 0.05) is 6.42 Å². The van der Waals surface area contributed by atoms with E-state index in [1.165, 1.54) is 12.1 Å².